The predicted molar refractivity (Wildman–Crippen MR) is 74.6 cm³/mol. The van der Waals surface area contributed by atoms with Crippen LogP contribution in [0.2, 0.25) is 0 Å². The van der Waals surface area contributed by atoms with Crippen molar-refractivity contribution in [1.82, 2.24) is 4.90 Å². The Morgan fingerprint density at radius 3 is 2.00 bits per heavy atom. The van der Waals surface area contributed by atoms with Crippen LogP contribution in [0.25, 0.3) is 0 Å². The normalized spacial score (nSPS) is 18.9. The van der Waals surface area contributed by atoms with E-state index in [1.165, 1.54) is 37.1 Å². The number of rotatable bonds is 2. The molecular weight excluding hydrogens is 206 g/mol. The van der Waals surface area contributed by atoms with Gasteiger partial charge >= 0.3 is 0 Å². The van der Waals surface area contributed by atoms with Crippen LogP contribution >= 0.6 is 0 Å². The summed E-state index contributed by atoms with van der Waals surface area (Å²) in [5.74, 6) is 0.781. The number of hydrogen-bond donors (Lipinski definition) is 0. The molecule has 1 heteroatoms. The number of hydrogen-bond acceptors (Lipinski definition) is 1. The van der Waals surface area contributed by atoms with Crippen LogP contribution in [-0.4, -0.2) is 24.0 Å². The van der Waals surface area contributed by atoms with Crippen LogP contribution in [0.15, 0.2) is 18.2 Å². The van der Waals surface area contributed by atoms with Crippen molar-refractivity contribution in [3.05, 3.63) is 34.9 Å². The van der Waals surface area contributed by atoms with Crippen molar-refractivity contribution in [2.24, 2.45) is 0 Å². The summed E-state index contributed by atoms with van der Waals surface area (Å²) in [6.07, 6.45) is 2.64. The van der Waals surface area contributed by atoms with E-state index in [9.17, 15) is 0 Å². The lowest BCUT2D eigenvalue weighted by atomic mass is 9.87. The molecule has 0 aromatic heterocycles. The van der Waals surface area contributed by atoms with Gasteiger partial charge in [0, 0.05) is 6.04 Å². The number of nitrogens with zero attached hydrogens (tertiary/aromatic N) is 1. The number of likely N-dealkylation sites (tertiary alicyclic amines) is 1. The highest BCUT2D eigenvalue weighted by molar-refractivity contribution is 5.31. The predicted octanol–water partition coefficient (Wildman–Crippen LogP) is 3.89. The van der Waals surface area contributed by atoms with E-state index in [1.807, 2.05) is 0 Å². The first kappa shape index (κ1) is 12.6. The first-order valence-corrected chi connectivity index (χ1v) is 6.88. The van der Waals surface area contributed by atoms with Crippen molar-refractivity contribution in [3.63, 3.8) is 0 Å². The van der Waals surface area contributed by atoms with Gasteiger partial charge in [-0.3, -0.25) is 0 Å². The lowest BCUT2D eigenvalue weighted by Gasteiger charge is -2.35. The third-order valence-corrected chi connectivity index (χ3v) is 3.98. The lowest BCUT2D eigenvalue weighted by molar-refractivity contribution is 0.172. The molecule has 1 heterocycles. The molecule has 0 N–H and O–H groups in total. The van der Waals surface area contributed by atoms with E-state index in [2.05, 4.69) is 50.8 Å². The molecule has 0 aliphatic carbocycles. The zero-order valence-electron chi connectivity index (χ0n) is 11.7. The second-order valence-electron chi connectivity index (χ2n) is 5.83. The minimum atomic E-state index is 0.704. The second kappa shape index (κ2) is 5.22. The summed E-state index contributed by atoms with van der Waals surface area (Å²) in [4.78, 5) is 2.60. The fourth-order valence-electron chi connectivity index (χ4n) is 2.99. The van der Waals surface area contributed by atoms with E-state index >= 15 is 0 Å². The molecule has 0 saturated carbocycles. The van der Waals surface area contributed by atoms with E-state index in [-0.39, 0.29) is 0 Å². The Hall–Kier alpha value is -0.820. The summed E-state index contributed by atoms with van der Waals surface area (Å²) in [7, 11) is 0. The first-order chi connectivity index (χ1) is 8.06. The highest BCUT2D eigenvalue weighted by Gasteiger charge is 2.22. The smallest absolute Gasteiger partial charge is 0.00385 e. The standard InChI is InChI=1S/C16H25N/c1-12(2)17-7-5-15(6-8-17)16-10-13(3)9-14(4)11-16/h9-12,15H,5-8H2,1-4H3. The van der Waals surface area contributed by atoms with E-state index in [0.29, 0.717) is 6.04 Å². The maximum atomic E-state index is 2.60. The molecular formula is C16H25N. The zero-order valence-corrected chi connectivity index (χ0v) is 11.7. The molecule has 0 radical (unpaired) electrons. The lowest BCUT2D eigenvalue weighted by Crippen LogP contribution is -2.37. The van der Waals surface area contributed by atoms with Crippen molar-refractivity contribution in [2.75, 3.05) is 13.1 Å². The van der Waals surface area contributed by atoms with Gasteiger partial charge in [-0.05, 0) is 65.1 Å². The maximum Gasteiger partial charge on any atom is 0.00385 e. The highest BCUT2D eigenvalue weighted by atomic mass is 15.1. The molecule has 0 bridgehead atoms. The molecule has 1 aliphatic heterocycles. The van der Waals surface area contributed by atoms with Crippen LogP contribution in [-0.2, 0) is 0 Å². The molecule has 0 unspecified atom stereocenters. The fourth-order valence-corrected chi connectivity index (χ4v) is 2.99. The van der Waals surface area contributed by atoms with Crippen molar-refractivity contribution in [2.45, 2.75) is 52.5 Å². The van der Waals surface area contributed by atoms with E-state index in [1.54, 1.807) is 5.56 Å². The molecule has 1 aliphatic rings. The Kier molecular flexibility index (Phi) is 3.88. The van der Waals surface area contributed by atoms with Gasteiger partial charge in [0.1, 0.15) is 0 Å². The van der Waals surface area contributed by atoms with Crippen LogP contribution < -0.4 is 0 Å². The third-order valence-electron chi connectivity index (χ3n) is 3.98. The van der Waals surface area contributed by atoms with Crippen molar-refractivity contribution < 1.29 is 0 Å². The molecule has 1 aromatic carbocycles. The Balaban J connectivity index is 2.05. The number of benzene rings is 1. The van der Waals surface area contributed by atoms with E-state index < -0.39 is 0 Å². The topological polar surface area (TPSA) is 3.24 Å². The molecule has 94 valence electrons. The van der Waals surface area contributed by atoms with Gasteiger partial charge in [0.05, 0.1) is 0 Å². The van der Waals surface area contributed by atoms with Gasteiger partial charge in [-0.25, -0.2) is 0 Å². The van der Waals surface area contributed by atoms with Crippen molar-refractivity contribution >= 4 is 0 Å². The average molecular weight is 231 g/mol. The first-order valence-electron chi connectivity index (χ1n) is 6.88. The maximum absolute atomic E-state index is 2.60. The molecule has 0 atom stereocenters. The molecule has 2 rings (SSSR count). The molecule has 17 heavy (non-hydrogen) atoms. The minimum absolute atomic E-state index is 0.704. The van der Waals surface area contributed by atoms with Gasteiger partial charge in [-0.15, -0.1) is 0 Å². The summed E-state index contributed by atoms with van der Waals surface area (Å²) in [6, 6.07) is 7.73. The van der Waals surface area contributed by atoms with Crippen molar-refractivity contribution in [1.29, 1.82) is 0 Å². The number of piperidine rings is 1. The number of aryl methyl sites for hydroxylation is 2. The summed E-state index contributed by atoms with van der Waals surface area (Å²) < 4.78 is 0. The van der Waals surface area contributed by atoms with Gasteiger partial charge < -0.3 is 4.90 Å². The average Bonchev–Trinajstić information content (AvgIpc) is 2.28. The Morgan fingerprint density at radius 1 is 1.00 bits per heavy atom. The Bertz CT molecular complexity index is 353. The summed E-state index contributed by atoms with van der Waals surface area (Å²) in [5.41, 5.74) is 4.38. The molecule has 1 aromatic rings. The van der Waals surface area contributed by atoms with Gasteiger partial charge in [-0.1, -0.05) is 29.3 Å². The highest BCUT2D eigenvalue weighted by Crippen LogP contribution is 2.29. The molecule has 0 amide bonds. The van der Waals surface area contributed by atoms with Gasteiger partial charge in [-0.2, -0.15) is 0 Å². The quantitative estimate of drug-likeness (QED) is 0.746. The zero-order chi connectivity index (χ0) is 12.4. The Morgan fingerprint density at radius 2 is 1.53 bits per heavy atom. The third kappa shape index (κ3) is 3.10. The summed E-state index contributed by atoms with van der Waals surface area (Å²) >= 11 is 0. The van der Waals surface area contributed by atoms with Crippen LogP contribution in [0, 0.1) is 13.8 Å². The minimum Gasteiger partial charge on any atom is -0.301 e. The van der Waals surface area contributed by atoms with E-state index in [4.69, 9.17) is 0 Å². The second-order valence-corrected chi connectivity index (χ2v) is 5.83. The van der Waals surface area contributed by atoms with Crippen LogP contribution in [0.1, 0.15) is 49.3 Å². The van der Waals surface area contributed by atoms with Gasteiger partial charge in [0.25, 0.3) is 0 Å². The SMILES string of the molecule is Cc1cc(C)cc(C2CCN(C(C)C)CC2)c1. The van der Waals surface area contributed by atoms with Crippen LogP contribution in [0.3, 0.4) is 0 Å². The summed E-state index contributed by atoms with van der Waals surface area (Å²) in [5, 5.41) is 0. The monoisotopic (exact) mass is 231 g/mol. The molecule has 1 nitrogen and oxygen atoms in total. The molecule has 1 saturated heterocycles. The fraction of sp³-hybridized carbons (Fsp3) is 0.625. The molecule has 1 fully saturated rings. The Labute approximate surface area is 106 Å². The van der Waals surface area contributed by atoms with Gasteiger partial charge in [0.2, 0.25) is 0 Å². The largest absolute Gasteiger partial charge is 0.301 e. The summed E-state index contributed by atoms with van der Waals surface area (Å²) in [6.45, 7) is 11.5. The molecule has 0 spiro atoms. The van der Waals surface area contributed by atoms with E-state index in [0.717, 1.165) is 5.92 Å². The van der Waals surface area contributed by atoms with Gasteiger partial charge in [0.15, 0.2) is 0 Å². The van der Waals surface area contributed by atoms with Crippen LogP contribution in [0.5, 0.6) is 0 Å². The van der Waals surface area contributed by atoms with Crippen molar-refractivity contribution in [3.8, 4) is 0 Å². The van der Waals surface area contributed by atoms with Crippen LogP contribution in [0.4, 0.5) is 0 Å².